The fourth-order valence-electron chi connectivity index (χ4n) is 1.44. The summed E-state index contributed by atoms with van der Waals surface area (Å²) in [5.41, 5.74) is 9.14. The predicted octanol–water partition coefficient (Wildman–Crippen LogP) is -0.579. The Morgan fingerprint density at radius 2 is 2.35 bits per heavy atom. The molecular weight excluding hydrogens is 222 g/mol. The van der Waals surface area contributed by atoms with Crippen LogP contribution in [0.5, 0.6) is 0 Å². The summed E-state index contributed by atoms with van der Waals surface area (Å²) in [5.74, 6) is 5.33. The van der Waals surface area contributed by atoms with E-state index in [0.717, 1.165) is 15.9 Å². The average molecular weight is 235 g/mol. The van der Waals surface area contributed by atoms with Gasteiger partial charge < -0.3 is 16.3 Å². The standard InChI is InChI=1S/C9H13N7O/c10-9(14-15-11)5-12-7-1-2-8-6(3-7)4-13-16(8)17/h1-4,12,15,17H,5,11H2,(H2,10,14). The van der Waals surface area contributed by atoms with Crippen molar-refractivity contribution in [3.63, 3.8) is 0 Å². The number of amidine groups is 1. The molecule has 2 aromatic rings. The van der Waals surface area contributed by atoms with E-state index in [1.165, 1.54) is 0 Å². The summed E-state index contributed by atoms with van der Waals surface area (Å²) < 4.78 is 0. The Bertz CT molecular complexity index is 547. The second-order valence-corrected chi connectivity index (χ2v) is 3.39. The van der Waals surface area contributed by atoms with Gasteiger partial charge in [0.2, 0.25) is 0 Å². The molecule has 0 saturated heterocycles. The summed E-state index contributed by atoms with van der Waals surface area (Å²) >= 11 is 0. The lowest BCUT2D eigenvalue weighted by atomic mass is 10.2. The molecule has 0 aliphatic rings. The van der Waals surface area contributed by atoms with E-state index in [-0.39, 0.29) is 0 Å². The molecule has 2 rings (SSSR count). The van der Waals surface area contributed by atoms with Crippen LogP contribution >= 0.6 is 0 Å². The third kappa shape index (κ3) is 2.37. The van der Waals surface area contributed by atoms with Crippen molar-refractivity contribution in [2.24, 2.45) is 16.7 Å². The molecule has 0 fully saturated rings. The summed E-state index contributed by atoms with van der Waals surface area (Å²) in [7, 11) is 0. The number of hydrazine groups is 1. The molecule has 0 radical (unpaired) electrons. The van der Waals surface area contributed by atoms with E-state index in [2.05, 4.69) is 21.1 Å². The lowest BCUT2D eigenvalue weighted by Crippen LogP contribution is -2.28. The second kappa shape index (κ2) is 4.58. The van der Waals surface area contributed by atoms with Gasteiger partial charge in [0, 0.05) is 11.1 Å². The van der Waals surface area contributed by atoms with Crippen LogP contribution in [-0.2, 0) is 0 Å². The summed E-state index contributed by atoms with van der Waals surface area (Å²) in [6, 6.07) is 5.40. The van der Waals surface area contributed by atoms with Gasteiger partial charge in [0.05, 0.1) is 12.7 Å². The largest absolute Gasteiger partial charge is 0.411 e. The van der Waals surface area contributed by atoms with Crippen molar-refractivity contribution >= 4 is 22.4 Å². The normalized spacial score (nSPS) is 11.7. The van der Waals surface area contributed by atoms with Crippen LogP contribution < -0.4 is 22.4 Å². The van der Waals surface area contributed by atoms with Gasteiger partial charge in [-0.15, -0.1) is 9.94 Å². The van der Waals surface area contributed by atoms with Gasteiger partial charge in [-0.1, -0.05) is 0 Å². The first-order valence-corrected chi connectivity index (χ1v) is 4.89. The Kier molecular flexibility index (Phi) is 2.97. The van der Waals surface area contributed by atoms with Crippen molar-refractivity contribution < 1.29 is 5.21 Å². The number of hydrogen-bond acceptors (Lipinski definition) is 6. The number of anilines is 1. The number of hydrogen-bond donors (Lipinski definition) is 5. The summed E-state index contributed by atoms with van der Waals surface area (Å²) in [6.45, 7) is 0.364. The Morgan fingerprint density at radius 3 is 3.12 bits per heavy atom. The molecule has 0 unspecified atom stereocenters. The minimum absolute atomic E-state index is 0.338. The maximum absolute atomic E-state index is 9.31. The molecule has 0 aliphatic carbocycles. The molecule has 0 atom stereocenters. The van der Waals surface area contributed by atoms with E-state index in [0.29, 0.717) is 17.9 Å². The van der Waals surface area contributed by atoms with Crippen LogP contribution in [0, 0.1) is 0 Å². The molecule has 1 aromatic carbocycles. The van der Waals surface area contributed by atoms with E-state index < -0.39 is 0 Å². The van der Waals surface area contributed by atoms with Crippen molar-refractivity contribution in [2.45, 2.75) is 0 Å². The number of nitrogens with two attached hydrogens (primary N) is 2. The van der Waals surface area contributed by atoms with Crippen LogP contribution in [0.15, 0.2) is 29.5 Å². The Balaban J connectivity index is 2.12. The van der Waals surface area contributed by atoms with Crippen molar-refractivity contribution in [2.75, 3.05) is 11.9 Å². The quantitative estimate of drug-likeness (QED) is 0.159. The fraction of sp³-hybridized carbons (Fsp3) is 0.111. The highest BCUT2D eigenvalue weighted by Gasteiger charge is 2.02. The van der Waals surface area contributed by atoms with Gasteiger partial charge in [-0.2, -0.15) is 5.10 Å². The van der Waals surface area contributed by atoms with Crippen LogP contribution in [0.25, 0.3) is 10.9 Å². The molecule has 17 heavy (non-hydrogen) atoms. The molecule has 90 valence electrons. The summed E-state index contributed by atoms with van der Waals surface area (Å²) in [4.78, 5) is 0.827. The Morgan fingerprint density at radius 1 is 1.53 bits per heavy atom. The van der Waals surface area contributed by atoms with E-state index in [9.17, 15) is 5.21 Å². The number of nitrogens with one attached hydrogen (secondary N) is 2. The molecule has 0 spiro atoms. The SMILES string of the molecule is NN/N=C(\N)CNc1ccc2c(cnn2O)c1. The minimum atomic E-state index is 0.338. The highest BCUT2D eigenvalue weighted by molar-refractivity contribution is 5.86. The first-order valence-electron chi connectivity index (χ1n) is 4.89. The highest BCUT2D eigenvalue weighted by Crippen LogP contribution is 2.17. The van der Waals surface area contributed by atoms with Crippen LogP contribution in [0.3, 0.4) is 0 Å². The number of aromatic nitrogens is 2. The fourth-order valence-corrected chi connectivity index (χ4v) is 1.44. The number of hydrazone groups is 1. The summed E-state index contributed by atoms with van der Waals surface area (Å²) in [5, 5.41) is 20.5. The number of nitrogens with zero attached hydrogens (tertiary/aromatic N) is 3. The monoisotopic (exact) mass is 235 g/mol. The third-order valence-corrected chi connectivity index (χ3v) is 2.23. The smallest absolute Gasteiger partial charge is 0.140 e. The first-order chi connectivity index (χ1) is 8.20. The van der Waals surface area contributed by atoms with Crippen molar-refractivity contribution in [3.8, 4) is 0 Å². The van der Waals surface area contributed by atoms with Gasteiger partial charge >= 0.3 is 0 Å². The van der Waals surface area contributed by atoms with Crippen molar-refractivity contribution in [3.05, 3.63) is 24.4 Å². The van der Waals surface area contributed by atoms with Crippen molar-refractivity contribution in [1.29, 1.82) is 0 Å². The third-order valence-electron chi connectivity index (χ3n) is 2.23. The van der Waals surface area contributed by atoms with Crippen LogP contribution in [-0.4, -0.2) is 27.5 Å². The molecule has 1 aromatic heterocycles. The number of rotatable bonds is 4. The molecule has 8 nitrogen and oxygen atoms in total. The molecule has 8 heteroatoms. The number of fused-ring (bicyclic) bond motifs is 1. The summed E-state index contributed by atoms with van der Waals surface area (Å²) in [6.07, 6.45) is 1.57. The highest BCUT2D eigenvalue weighted by atomic mass is 16.5. The molecule has 1 heterocycles. The topological polar surface area (TPSA) is 127 Å². The van der Waals surface area contributed by atoms with Gasteiger partial charge in [-0.05, 0) is 18.2 Å². The molecule has 0 amide bonds. The zero-order valence-electron chi connectivity index (χ0n) is 8.96. The van der Waals surface area contributed by atoms with Gasteiger partial charge in [0.15, 0.2) is 0 Å². The van der Waals surface area contributed by atoms with E-state index in [1.807, 2.05) is 6.07 Å². The molecule has 0 saturated carbocycles. The molecular formula is C9H13N7O. The molecule has 7 N–H and O–H groups in total. The van der Waals surface area contributed by atoms with Crippen LogP contribution in [0.1, 0.15) is 0 Å². The molecule has 0 bridgehead atoms. The predicted molar refractivity (Wildman–Crippen MR) is 64.4 cm³/mol. The van der Waals surface area contributed by atoms with Gasteiger partial charge in [-0.25, -0.2) is 11.4 Å². The zero-order chi connectivity index (χ0) is 12.3. The average Bonchev–Trinajstić information content (AvgIpc) is 2.69. The van der Waals surface area contributed by atoms with Crippen LogP contribution in [0.2, 0.25) is 0 Å². The van der Waals surface area contributed by atoms with E-state index in [1.54, 1.807) is 18.3 Å². The zero-order valence-corrected chi connectivity index (χ0v) is 8.96. The van der Waals surface area contributed by atoms with Gasteiger partial charge in [0.25, 0.3) is 0 Å². The maximum atomic E-state index is 9.31. The second-order valence-electron chi connectivity index (χ2n) is 3.39. The first kappa shape index (κ1) is 11.0. The van der Waals surface area contributed by atoms with E-state index in [4.69, 9.17) is 11.6 Å². The Labute approximate surface area is 96.8 Å². The molecule has 0 aliphatic heterocycles. The van der Waals surface area contributed by atoms with Crippen LogP contribution in [0.4, 0.5) is 5.69 Å². The van der Waals surface area contributed by atoms with E-state index >= 15 is 0 Å². The number of benzene rings is 1. The lowest BCUT2D eigenvalue weighted by molar-refractivity contribution is 0.161. The van der Waals surface area contributed by atoms with Gasteiger partial charge in [-0.3, -0.25) is 0 Å². The minimum Gasteiger partial charge on any atom is -0.411 e. The maximum Gasteiger partial charge on any atom is 0.140 e. The lowest BCUT2D eigenvalue weighted by Gasteiger charge is -2.05. The van der Waals surface area contributed by atoms with Gasteiger partial charge in [0.1, 0.15) is 11.4 Å². The Hall–Kier alpha value is -2.48. The van der Waals surface area contributed by atoms with Crippen molar-refractivity contribution in [1.82, 2.24) is 15.5 Å².